The number of rotatable bonds is 5. The van der Waals surface area contributed by atoms with Gasteiger partial charge in [0.25, 0.3) is 0 Å². The van der Waals surface area contributed by atoms with Gasteiger partial charge in [-0.3, -0.25) is 9.59 Å². The number of carbonyl (C=O) groups excluding carboxylic acids is 2. The topological polar surface area (TPSA) is 40.6 Å². The maximum atomic E-state index is 13.2. The van der Waals surface area contributed by atoms with Gasteiger partial charge < -0.3 is 9.80 Å². The fraction of sp³-hybridized carbons (Fsp3) is 0.185. The van der Waals surface area contributed by atoms with Crippen LogP contribution in [0.5, 0.6) is 0 Å². The first kappa shape index (κ1) is 20.6. The van der Waals surface area contributed by atoms with Crippen LogP contribution in [0.15, 0.2) is 85.1 Å². The Hall–Kier alpha value is -3.66. The van der Waals surface area contributed by atoms with Crippen LogP contribution >= 0.6 is 0 Å². The summed E-state index contributed by atoms with van der Waals surface area (Å²) in [6, 6.07) is 26.0. The lowest BCUT2D eigenvalue weighted by molar-refractivity contribution is -0.134. The Morgan fingerprint density at radius 1 is 0.903 bits per heavy atom. The lowest BCUT2D eigenvalue weighted by Crippen LogP contribution is -2.35. The van der Waals surface area contributed by atoms with E-state index in [-0.39, 0.29) is 24.3 Å². The van der Waals surface area contributed by atoms with Crippen LogP contribution in [-0.2, 0) is 16.1 Å². The van der Waals surface area contributed by atoms with Crippen molar-refractivity contribution in [1.82, 2.24) is 9.80 Å². The summed E-state index contributed by atoms with van der Waals surface area (Å²) in [5, 5.41) is 0. The molecule has 3 aromatic carbocycles. The molecule has 4 nitrogen and oxygen atoms in total. The molecule has 4 heteroatoms. The van der Waals surface area contributed by atoms with Gasteiger partial charge in [0.05, 0.1) is 12.5 Å². The van der Waals surface area contributed by atoms with Crippen molar-refractivity contribution in [2.75, 3.05) is 7.05 Å². The number of amides is 2. The summed E-state index contributed by atoms with van der Waals surface area (Å²) in [4.78, 5) is 28.8. The van der Waals surface area contributed by atoms with Gasteiger partial charge in [-0.2, -0.15) is 0 Å². The third-order valence-corrected chi connectivity index (χ3v) is 5.77. The fourth-order valence-electron chi connectivity index (χ4n) is 4.14. The molecule has 0 radical (unpaired) electrons. The Kier molecular flexibility index (Phi) is 5.99. The molecule has 2 amide bonds. The number of fused-ring (bicyclic) bond motifs is 1. The molecule has 31 heavy (non-hydrogen) atoms. The predicted octanol–water partition coefficient (Wildman–Crippen LogP) is 5.28. The largest absolute Gasteiger partial charge is 0.341 e. The molecule has 1 atom stereocenters. The zero-order chi connectivity index (χ0) is 21.8. The zero-order valence-corrected chi connectivity index (χ0v) is 17.9. The summed E-state index contributed by atoms with van der Waals surface area (Å²) in [7, 11) is 1.83. The third-order valence-electron chi connectivity index (χ3n) is 5.77. The first-order valence-corrected chi connectivity index (χ1v) is 10.5. The minimum atomic E-state index is -0.294. The lowest BCUT2D eigenvalue weighted by Gasteiger charge is -2.33. The maximum Gasteiger partial charge on any atom is 0.225 e. The summed E-state index contributed by atoms with van der Waals surface area (Å²) in [6.45, 7) is 2.05. The van der Waals surface area contributed by atoms with Crippen LogP contribution < -0.4 is 0 Å². The van der Waals surface area contributed by atoms with E-state index in [0.717, 1.165) is 27.8 Å². The highest BCUT2D eigenvalue weighted by molar-refractivity contribution is 5.82. The van der Waals surface area contributed by atoms with Crippen LogP contribution in [-0.4, -0.2) is 28.7 Å². The number of carbonyl (C=O) groups is 2. The van der Waals surface area contributed by atoms with E-state index >= 15 is 0 Å². The second-order valence-corrected chi connectivity index (χ2v) is 7.86. The monoisotopic (exact) mass is 410 g/mol. The molecule has 0 aromatic heterocycles. The molecule has 0 fully saturated rings. The summed E-state index contributed by atoms with van der Waals surface area (Å²) in [5.74, 6) is -0.0650. The molecule has 1 aliphatic heterocycles. The van der Waals surface area contributed by atoms with E-state index in [9.17, 15) is 9.59 Å². The Morgan fingerprint density at radius 3 is 2.35 bits per heavy atom. The van der Waals surface area contributed by atoms with Crippen molar-refractivity contribution >= 4 is 17.9 Å². The Balaban J connectivity index is 1.55. The Labute approximate surface area is 183 Å². The van der Waals surface area contributed by atoms with Gasteiger partial charge in [-0.1, -0.05) is 78.9 Å². The smallest absolute Gasteiger partial charge is 0.225 e. The molecular weight excluding hydrogens is 384 g/mol. The summed E-state index contributed by atoms with van der Waals surface area (Å²) < 4.78 is 0. The van der Waals surface area contributed by atoms with Gasteiger partial charge in [0.2, 0.25) is 11.8 Å². The van der Waals surface area contributed by atoms with E-state index in [4.69, 9.17) is 0 Å². The molecule has 1 unspecified atom stereocenters. The molecule has 0 saturated carbocycles. The second kappa shape index (κ2) is 9.00. The highest BCUT2D eigenvalue weighted by Crippen LogP contribution is 2.33. The van der Waals surface area contributed by atoms with Gasteiger partial charge in [0.1, 0.15) is 0 Å². The summed E-state index contributed by atoms with van der Waals surface area (Å²) in [5.41, 5.74) is 5.41. The first-order valence-electron chi connectivity index (χ1n) is 10.5. The quantitative estimate of drug-likeness (QED) is 0.574. The van der Waals surface area contributed by atoms with E-state index in [2.05, 4.69) is 24.3 Å². The number of hydrogen-bond acceptors (Lipinski definition) is 2. The molecule has 3 aromatic rings. The van der Waals surface area contributed by atoms with Crippen LogP contribution in [0.25, 0.3) is 17.2 Å². The van der Waals surface area contributed by atoms with Crippen LogP contribution in [0, 0.1) is 0 Å². The fourth-order valence-corrected chi connectivity index (χ4v) is 4.14. The molecule has 0 N–H and O–H groups in total. The van der Waals surface area contributed by atoms with E-state index < -0.39 is 0 Å². The van der Waals surface area contributed by atoms with Crippen molar-refractivity contribution in [3.8, 4) is 11.1 Å². The van der Waals surface area contributed by atoms with Crippen molar-refractivity contribution in [3.63, 3.8) is 0 Å². The lowest BCUT2D eigenvalue weighted by atomic mass is 9.93. The van der Waals surface area contributed by atoms with Crippen molar-refractivity contribution in [3.05, 3.63) is 102 Å². The van der Waals surface area contributed by atoms with Gasteiger partial charge >= 0.3 is 0 Å². The van der Waals surface area contributed by atoms with Crippen molar-refractivity contribution in [2.24, 2.45) is 0 Å². The van der Waals surface area contributed by atoms with Crippen molar-refractivity contribution in [1.29, 1.82) is 0 Å². The van der Waals surface area contributed by atoms with Gasteiger partial charge in [-0.05, 0) is 33.9 Å². The van der Waals surface area contributed by atoms with Crippen molar-refractivity contribution in [2.45, 2.75) is 25.9 Å². The summed E-state index contributed by atoms with van der Waals surface area (Å²) >= 11 is 0. The summed E-state index contributed by atoms with van der Waals surface area (Å²) in [6.07, 6.45) is 3.95. The highest BCUT2D eigenvalue weighted by Gasteiger charge is 2.29. The zero-order valence-electron chi connectivity index (χ0n) is 17.9. The van der Waals surface area contributed by atoms with E-state index in [0.29, 0.717) is 6.54 Å². The minimum Gasteiger partial charge on any atom is -0.341 e. The van der Waals surface area contributed by atoms with Gasteiger partial charge in [-0.15, -0.1) is 0 Å². The second-order valence-electron chi connectivity index (χ2n) is 7.86. The molecule has 0 bridgehead atoms. The third kappa shape index (κ3) is 4.43. The molecule has 0 spiro atoms. The number of hydrogen-bond donors (Lipinski definition) is 0. The highest BCUT2D eigenvalue weighted by atomic mass is 16.2. The molecule has 1 aliphatic rings. The molecule has 1 heterocycles. The maximum absolute atomic E-state index is 13.2. The van der Waals surface area contributed by atoms with Crippen LogP contribution in [0.1, 0.15) is 36.1 Å². The van der Waals surface area contributed by atoms with Crippen molar-refractivity contribution < 1.29 is 9.59 Å². The minimum absolute atomic E-state index is 0.00391. The van der Waals surface area contributed by atoms with Gasteiger partial charge in [-0.25, -0.2) is 0 Å². The molecule has 0 aliphatic carbocycles. The number of benzene rings is 3. The normalized spacial score (nSPS) is 14.8. The Bertz CT molecular complexity index is 1120. The average Bonchev–Trinajstić information content (AvgIpc) is 2.80. The SMILES string of the molecule is CC(=O)N1C=Cc2ccccc2C1CC(=O)N(C)Cc1ccccc1-c1ccccc1. The van der Waals surface area contributed by atoms with Gasteiger partial charge in [0, 0.05) is 26.7 Å². The van der Waals surface area contributed by atoms with Gasteiger partial charge in [0.15, 0.2) is 0 Å². The molecule has 0 saturated heterocycles. The molecule has 156 valence electrons. The van der Waals surface area contributed by atoms with Crippen LogP contribution in [0.3, 0.4) is 0 Å². The molecular formula is C27H26N2O2. The average molecular weight is 411 g/mol. The van der Waals surface area contributed by atoms with E-state index in [1.54, 1.807) is 16.0 Å². The number of nitrogens with zero attached hydrogens (tertiary/aromatic N) is 2. The van der Waals surface area contributed by atoms with E-state index in [1.165, 1.54) is 6.92 Å². The molecule has 4 rings (SSSR count). The van der Waals surface area contributed by atoms with E-state index in [1.807, 2.05) is 67.7 Å². The van der Waals surface area contributed by atoms with Crippen LogP contribution in [0.4, 0.5) is 0 Å². The standard InChI is InChI=1S/C27H26N2O2/c1-20(30)29-17-16-22-12-6-9-15-25(22)26(29)18-27(31)28(2)19-23-13-7-8-14-24(23)21-10-4-3-5-11-21/h3-17,26H,18-19H2,1-2H3. The first-order chi connectivity index (χ1) is 15.0. The predicted molar refractivity (Wildman–Crippen MR) is 124 cm³/mol. The van der Waals surface area contributed by atoms with Crippen LogP contribution in [0.2, 0.25) is 0 Å². The Morgan fingerprint density at radius 2 is 1.58 bits per heavy atom.